The Morgan fingerprint density at radius 2 is 2.06 bits per heavy atom. The van der Waals surface area contributed by atoms with Crippen LogP contribution in [0.4, 0.5) is 13.2 Å². The first-order valence-electron chi connectivity index (χ1n) is 5.26. The van der Waals surface area contributed by atoms with Gasteiger partial charge in [-0.3, -0.25) is 0 Å². The van der Waals surface area contributed by atoms with Gasteiger partial charge in [0, 0.05) is 30.7 Å². The number of nitrogens with one attached hydrogen (secondary N) is 2. The van der Waals surface area contributed by atoms with Crippen LogP contribution in [0.2, 0.25) is 5.02 Å². The fourth-order valence-corrected chi connectivity index (χ4v) is 1.80. The molecule has 1 heterocycles. The standard InChI is InChI=1S/C11H12ClF3N2/c12-10-3-8(11(13,14)15)2-1-7(10)4-17-9-5-16-6-9/h1-3,9,16-17H,4-6H2. The summed E-state index contributed by atoms with van der Waals surface area (Å²) < 4.78 is 37.2. The van der Waals surface area contributed by atoms with Crippen LogP contribution in [-0.2, 0) is 12.7 Å². The Kier molecular flexibility index (Phi) is 3.61. The van der Waals surface area contributed by atoms with Crippen LogP contribution in [0.3, 0.4) is 0 Å². The Morgan fingerprint density at radius 1 is 1.35 bits per heavy atom. The van der Waals surface area contributed by atoms with Gasteiger partial charge in [-0.15, -0.1) is 0 Å². The molecule has 0 amide bonds. The lowest BCUT2D eigenvalue weighted by molar-refractivity contribution is -0.137. The summed E-state index contributed by atoms with van der Waals surface area (Å²) in [5.41, 5.74) is -0.0249. The summed E-state index contributed by atoms with van der Waals surface area (Å²) in [4.78, 5) is 0. The largest absolute Gasteiger partial charge is 0.416 e. The monoisotopic (exact) mass is 264 g/mol. The van der Waals surface area contributed by atoms with Crippen molar-refractivity contribution < 1.29 is 13.2 Å². The highest BCUT2D eigenvalue weighted by Gasteiger charge is 2.30. The maximum atomic E-state index is 12.4. The first-order chi connectivity index (χ1) is 7.97. The second kappa shape index (κ2) is 4.84. The molecule has 1 aliphatic rings. The van der Waals surface area contributed by atoms with Gasteiger partial charge in [0.2, 0.25) is 0 Å². The number of benzene rings is 1. The molecule has 0 spiro atoms. The van der Waals surface area contributed by atoms with Crippen LogP contribution in [0.15, 0.2) is 18.2 Å². The van der Waals surface area contributed by atoms with Gasteiger partial charge in [0.25, 0.3) is 0 Å². The van der Waals surface area contributed by atoms with Crippen molar-refractivity contribution in [1.82, 2.24) is 10.6 Å². The van der Waals surface area contributed by atoms with Crippen LogP contribution in [0, 0.1) is 0 Å². The van der Waals surface area contributed by atoms with E-state index in [1.807, 2.05) is 0 Å². The van der Waals surface area contributed by atoms with Gasteiger partial charge >= 0.3 is 6.18 Å². The summed E-state index contributed by atoms with van der Waals surface area (Å²) in [7, 11) is 0. The Hall–Kier alpha value is -0.780. The van der Waals surface area contributed by atoms with Crippen LogP contribution < -0.4 is 10.6 Å². The molecule has 1 aromatic rings. The SMILES string of the molecule is FC(F)(F)c1ccc(CNC2CNC2)c(Cl)c1. The van der Waals surface area contributed by atoms with Crippen LogP contribution in [0.25, 0.3) is 0 Å². The predicted molar refractivity (Wildman–Crippen MR) is 60.0 cm³/mol. The van der Waals surface area contributed by atoms with E-state index < -0.39 is 11.7 Å². The van der Waals surface area contributed by atoms with E-state index >= 15 is 0 Å². The van der Waals surface area contributed by atoms with Crippen molar-refractivity contribution in [3.63, 3.8) is 0 Å². The first-order valence-corrected chi connectivity index (χ1v) is 5.64. The van der Waals surface area contributed by atoms with Crippen molar-refractivity contribution in [1.29, 1.82) is 0 Å². The Bertz CT molecular complexity index is 402. The van der Waals surface area contributed by atoms with E-state index in [1.165, 1.54) is 6.07 Å². The average molecular weight is 265 g/mol. The zero-order valence-corrected chi connectivity index (χ0v) is 9.70. The quantitative estimate of drug-likeness (QED) is 0.876. The molecule has 1 saturated heterocycles. The molecule has 2 N–H and O–H groups in total. The molecule has 1 fully saturated rings. The summed E-state index contributed by atoms with van der Waals surface area (Å²) in [6.45, 7) is 2.26. The third-order valence-corrected chi connectivity index (χ3v) is 3.09. The molecule has 2 nitrogen and oxygen atoms in total. The van der Waals surface area contributed by atoms with Gasteiger partial charge in [-0.25, -0.2) is 0 Å². The summed E-state index contributed by atoms with van der Waals surface area (Å²) in [5.74, 6) is 0. The van der Waals surface area contributed by atoms with Gasteiger partial charge in [0.15, 0.2) is 0 Å². The second-order valence-corrected chi connectivity index (χ2v) is 4.45. The minimum absolute atomic E-state index is 0.152. The van der Waals surface area contributed by atoms with Gasteiger partial charge in [-0.2, -0.15) is 13.2 Å². The number of hydrogen-bond acceptors (Lipinski definition) is 2. The normalized spacial score (nSPS) is 16.9. The van der Waals surface area contributed by atoms with Crippen molar-refractivity contribution in [2.45, 2.75) is 18.8 Å². The van der Waals surface area contributed by atoms with Crippen LogP contribution >= 0.6 is 11.6 Å². The summed E-state index contributed by atoms with van der Waals surface area (Å²) in [6, 6.07) is 3.83. The molecule has 0 bridgehead atoms. The summed E-state index contributed by atoms with van der Waals surface area (Å²) in [6.07, 6.45) is -4.34. The van der Waals surface area contributed by atoms with Gasteiger partial charge in [0.05, 0.1) is 5.56 Å². The van der Waals surface area contributed by atoms with Crippen molar-refractivity contribution in [3.05, 3.63) is 34.3 Å². The van der Waals surface area contributed by atoms with Crippen molar-refractivity contribution >= 4 is 11.6 Å². The third kappa shape index (κ3) is 3.12. The highest BCUT2D eigenvalue weighted by molar-refractivity contribution is 6.31. The third-order valence-electron chi connectivity index (χ3n) is 2.74. The maximum Gasteiger partial charge on any atom is 0.416 e. The van der Waals surface area contributed by atoms with E-state index in [-0.39, 0.29) is 5.02 Å². The summed E-state index contributed by atoms with van der Waals surface area (Å²) in [5, 5.41) is 6.46. The highest BCUT2D eigenvalue weighted by Crippen LogP contribution is 2.32. The molecule has 6 heteroatoms. The minimum atomic E-state index is -4.34. The van der Waals surface area contributed by atoms with Crippen molar-refractivity contribution in [2.24, 2.45) is 0 Å². The molecule has 0 radical (unpaired) electrons. The second-order valence-electron chi connectivity index (χ2n) is 4.04. The lowest BCUT2D eigenvalue weighted by Crippen LogP contribution is -2.55. The van der Waals surface area contributed by atoms with Gasteiger partial charge in [-0.1, -0.05) is 17.7 Å². The topological polar surface area (TPSA) is 24.1 Å². The number of halogens is 4. The first kappa shape index (κ1) is 12.7. The minimum Gasteiger partial charge on any atom is -0.314 e. The van der Waals surface area contributed by atoms with Gasteiger partial charge in [-0.05, 0) is 17.7 Å². The molecule has 94 valence electrons. The van der Waals surface area contributed by atoms with Crippen LogP contribution in [-0.4, -0.2) is 19.1 Å². The maximum absolute atomic E-state index is 12.4. The molecule has 0 aliphatic carbocycles. The van der Waals surface area contributed by atoms with E-state index in [2.05, 4.69) is 10.6 Å². The van der Waals surface area contributed by atoms with E-state index in [1.54, 1.807) is 0 Å². The fourth-order valence-electron chi connectivity index (χ4n) is 1.55. The average Bonchev–Trinajstić information content (AvgIpc) is 2.16. The Morgan fingerprint density at radius 3 is 2.53 bits per heavy atom. The Balaban J connectivity index is 2.03. The smallest absolute Gasteiger partial charge is 0.314 e. The Labute approximate surface area is 102 Å². The van der Waals surface area contributed by atoms with Gasteiger partial charge < -0.3 is 10.6 Å². The molecule has 0 saturated carbocycles. The summed E-state index contributed by atoms with van der Waals surface area (Å²) >= 11 is 5.82. The molecular formula is C11H12ClF3N2. The van der Waals surface area contributed by atoms with Gasteiger partial charge in [0.1, 0.15) is 0 Å². The van der Waals surface area contributed by atoms with Crippen LogP contribution in [0.5, 0.6) is 0 Å². The van der Waals surface area contributed by atoms with E-state index in [4.69, 9.17) is 11.6 Å². The molecule has 17 heavy (non-hydrogen) atoms. The fraction of sp³-hybridized carbons (Fsp3) is 0.455. The molecule has 1 aromatic carbocycles. The highest BCUT2D eigenvalue weighted by atomic mass is 35.5. The van der Waals surface area contributed by atoms with E-state index in [0.717, 1.165) is 25.2 Å². The molecule has 0 unspecified atom stereocenters. The predicted octanol–water partition coefficient (Wildman–Crippen LogP) is 2.42. The molecular weight excluding hydrogens is 253 g/mol. The van der Waals surface area contributed by atoms with E-state index in [0.29, 0.717) is 18.2 Å². The number of alkyl halides is 3. The van der Waals surface area contributed by atoms with E-state index in [9.17, 15) is 13.2 Å². The van der Waals surface area contributed by atoms with Crippen LogP contribution in [0.1, 0.15) is 11.1 Å². The zero-order chi connectivity index (χ0) is 12.5. The number of hydrogen-bond donors (Lipinski definition) is 2. The molecule has 1 aliphatic heterocycles. The lowest BCUT2D eigenvalue weighted by atomic mass is 10.1. The lowest BCUT2D eigenvalue weighted by Gasteiger charge is -2.28. The molecule has 2 rings (SSSR count). The molecule has 0 atom stereocenters. The number of rotatable bonds is 3. The molecule has 0 aromatic heterocycles. The van der Waals surface area contributed by atoms with Crippen molar-refractivity contribution in [2.75, 3.05) is 13.1 Å². The van der Waals surface area contributed by atoms with Crippen molar-refractivity contribution in [3.8, 4) is 0 Å². The zero-order valence-electron chi connectivity index (χ0n) is 8.94.